The number of aliphatic hydroxyl groups excluding tert-OH is 1. The first kappa shape index (κ1) is 13.4. The van der Waals surface area contributed by atoms with E-state index in [1.807, 2.05) is 0 Å². The van der Waals surface area contributed by atoms with Gasteiger partial charge in [0.2, 0.25) is 0 Å². The first-order valence-electron chi connectivity index (χ1n) is 4.91. The lowest BCUT2D eigenvalue weighted by Crippen LogP contribution is -2.26. The molecule has 0 amide bonds. The molecule has 1 atom stereocenters. The zero-order valence-corrected chi connectivity index (χ0v) is 9.25. The Kier molecular flexibility index (Phi) is 5.72. The summed E-state index contributed by atoms with van der Waals surface area (Å²) in [6.45, 7) is 6.84. The lowest BCUT2D eigenvalue weighted by molar-refractivity contribution is -0.154. The maximum Gasteiger partial charge on any atom is 0.335 e. The summed E-state index contributed by atoms with van der Waals surface area (Å²) in [6, 6.07) is 0. The zero-order valence-electron chi connectivity index (χ0n) is 9.25. The summed E-state index contributed by atoms with van der Waals surface area (Å²) in [5, 5.41) is 9.19. The van der Waals surface area contributed by atoms with Gasteiger partial charge in [-0.15, -0.1) is 0 Å². The minimum absolute atomic E-state index is 0.138. The lowest BCUT2D eigenvalue weighted by atomic mass is 9.93. The summed E-state index contributed by atoms with van der Waals surface area (Å²) in [6.07, 6.45) is -0.0254. The van der Waals surface area contributed by atoms with Crippen LogP contribution in [0.15, 0.2) is 0 Å². The number of aliphatic hydroxyl groups is 1. The number of hydrogen-bond donors (Lipinski definition) is 2. The molecular formula is C10H21NO3. The van der Waals surface area contributed by atoms with Gasteiger partial charge < -0.3 is 15.6 Å². The minimum atomic E-state index is -1.07. The van der Waals surface area contributed by atoms with Gasteiger partial charge in [-0.25, -0.2) is 4.79 Å². The standard InChI is InChI=1S/C10H21NO3/c1-10(2,3)5-7-14-9(13)8(12)4-6-11/h8,12H,4-7,11H2,1-3H3. The van der Waals surface area contributed by atoms with Gasteiger partial charge in [0.25, 0.3) is 0 Å². The fourth-order valence-electron chi connectivity index (χ4n) is 0.830. The highest BCUT2D eigenvalue weighted by molar-refractivity contribution is 5.74. The Balaban J connectivity index is 3.64. The van der Waals surface area contributed by atoms with Crippen molar-refractivity contribution in [1.29, 1.82) is 0 Å². The highest BCUT2D eigenvalue weighted by Crippen LogP contribution is 2.18. The average molecular weight is 203 g/mol. The van der Waals surface area contributed by atoms with Crippen molar-refractivity contribution < 1.29 is 14.6 Å². The number of carbonyl (C=O) groups excluding carboxylic acids is 1. The second kappa shape index (κ2) is 5.98. The SMILES string of the molecule is CC(C)(C)CCOC(=O)C(O)CCN. The molecule has 1 unspecified atom stereocenters. The van der Waals surface area contributed by atoms with Crippen LogP contribution in [-0.4, -0.2) is 30.3 Å². The molecule has 84 valence electrons. The van der Waals surface area contributed by atoms with E-state index in [1.54, 1.807) is 0 Å². The van der Waals surface area contributed by atoms with Crippen LogP contribution in [0.5, 0.6) is 0 Å². The van der Waals surface area contributed by atoms with Crippen LogP contribution in [0, 0.1) is 5.41 Å². The van der Waals surface area contributed by atoms with E-state index in [-0.39, 0.29) is 18.4 Å². The van der Waals surface area contributed by atoms with Gasteiger partial charge in [0.1, 0.15) is 0 Å². The van der Waals surface area contributed by atoms with E-state index in [1.165, 1.54) is 0 Å². The second-order valence-corrected chi connectivity index (χ2v) is 4.57. The largest absolute Gasteiger partial charge is 0.464 e. The lowest BCUT2D eigenvalue weighted by Gasteiger charge is -2.18. The molecule has 0 saturated carbocycles. The Morgan fingerprint density at radius 3 is 2.50 bits per heavy atom. The second-order valence-electron chi connectivity index (χ2n) is 4.57. The summed E-state index contributed by atoms with van der Waals surface area (Å²) in [7, 11) is 0. The van der Waals surface area contributed by atoms with Crippen molar-refractivity contribution in [3.8, 4) is 0 Å². The topological polar surface area (TPSA) is 72.5 Å². The Morgan fingerprint density at radius 2 is 2.07 bits per heavy atom. The van der Waals surface area contributed by atoms with E-state index < -0.39 is 12.1 Å². The summed E-state index contributed by atoms with van der Waals surface area (Å²) in [5.74, 6) is -0.570. The highest BCUT2D eigenvalue weighted by atomic mass is 16.5. The van der Waals surface area contributed by atoms with Crippen molar-refractivity contribution in [3.05, 3.63) is 0 Å². The van der Waals surface area contributed by atoms with Gasteiger partial charge in [-0.05, 0) is 24.8 Å². The fraction of sp³-hybridized carbons (Fsp3) is 0.900. The predicted octanol–water partition coefficient (Wildman–Crippen LogP) is 0.676. The van der Waals surface area contributed by atoms with Gasteiger partial charge in [-0.3, -0.25) is 0 Å². The fourth-order valence-corrected chi connectivity index (χ4v) is 0.830. The van der Waals surface area contributed by atoms with Crippen molar-refractivity contribution in [3.63, 3.8) is 0 Å². The molecule has 0 fully saturated rings. The van der Waals surface area contributed by atoms with Crippen LogP contribution in [0.1, 0.15) is 33.6 Å². The zero-order chi connectivity index (χ0) is 11.2. The summed E-state index contributed by atoms with van der Waals surface area (Å²) < 4.78 is 4.89. The Hall–Kier alpha value is -0.610. The molecular weight excluding hydrogens is 182 g/mol. The molecule has 0 rings (SSSR count). The molecule has 0 saturated heterocycles. The molecule has 0 aromatic rings. The smallest absolute Gasteiger partial charge is 0.335 e. The van der Waals surface area contributed by atoms with E-state index in [0.29, 0.717) is 6.61 Å². The summed E-state index contributed by atoms with van der Waals surface area (Å²) in [5.41, 5.74) is 5.34. The van der Waals surface area contributed by atoms with Crippen molar-refractivity contribution >= 4 is 5.97 Å². The monoisotopic (exact) mass is 203 g/mol. The molecule has 14 heavy (non-hydrogen) atoms. The van der Waals surface area contributed by atoms with Gasteiger partial charge in [0.05, 0.1) is 6.61 Å². The predicted molar refractivity (Wildman–Crippen MR) is 54.7 cm³/mol. The quantitative estimate of drug-likeness (QED) is 0.644. The number of carbonyl (C=O) groups is 1. The Bertz CT molecular complexity index is 175. The molecule has 0 aromatic carbocycles. The molecule has 3 N–H and O–H groups in total. The first-order chi connectivity index (χ1) is 6.37. The van der Waals surface area contributed by atoms with E-state index >= 15 is 0 Å². The van der Waals surface area contributed by atoms with Crippen molar-refractivity contribution in [2.24, 2.45) is 11.1 Å². The van der Waals surface area contributed by atoms with Gasteiger partial charge in [-0.1, -0.05) is 20.8 Å². The average Bonchev–Trinajstić information content (AvgIpc) is 2.02. The third-order valence-corrected chi connectivity index (χ3v) is 1.81. The van der Waals surface area contributed by atoms with Gasteiger partial charge in [0.15, 0.2) is 6.10 Å². The third kappa shape index (κ3) is 6.86. The Morgan fingerprint density at radius 1 is 1.50 bits per heavy atom. The molecule has 0 radical (unpaired) electrons. The van der Waals surface area contributed by atoms with Crippen molar-refractivity contribution in [2.75, 3.05) is 13.2 Å². The van der Waals surface area contributed by atoms with Crippen LogP contribution in [-0.2, 0) is 9.53 Å². The maximum atomic E-state index is 11.1. The molecule has 0 heterocycles. The van der Waals surface area contributed by atoms with Crippen molar-refractivity contribution in [1.82, 2.24) is 0 Å². The van der Waals surface area contributed by atoms with Gasteiger partial charge in [0, 0.05) is 0 Å². The van der Waals surface area contributed by atoms with Crippen LogP contribution in [0.25, 0.3) is 0 Å². The van der Waals surface area contributed by atoms with Crippen molar-refractivity contribution in [2.45, 2.75) is 39.7 Å². The number of esters is 1. The molecule has 0 aliphatic rings. The van der Waals surface area contributed by atoms with Gasteiger partial charge in [-0.2, -0.15) is 0 Å². The highest BCUT2D eigenvalue weighted by Gasteiger charge is 2.17. The van der Waals surface area contributed by atoms with E-state index in [9.17, 15) is 9.90 Å². The minimum Gasteiger partial charge on any atom is -0.464 e. The molecule has 4 nitrogen and oxygen atoms in total. The number of nitrogens with two attached hydrogens (primary N) is 1. The molecule has 4 heteroatoms. The third-order valence-electron chi connectivity index (χ3n) is 1.81. The summed E-state index contributed by atoms with van der Waals surface area (Å²) in [4.78, 5) is 11.1. The first-order valence-corrected chi connectivity index (χ1v) is 4.91. The van der Waals surface area contributed by atoms with Crippen LogP contribution < -0.4 is 5.73 Å². The van der Waals surface area contributed by atoms with E-state index in [4.69, 9.17) is 10.5 Å². The number of ether oxygens (including phenoxy) is 1. The normalized spacial score (nSPS) is 13.8. The molecule has 0 aromatic heterocycles. The molecule has 0 aliphatic carbocycles. The maximum absolute atomic E-state index is 11.1. The van der Waals surface area contributed by atoms with E-state index in [0.717, 1.165) is 6.42 Å². The Labute approximate surface area is 85.4 Å². The van der Waals surface area contributed by atoms with E-state index in [2.05, 4.69) is 20.8 Å². The summed E-state index contributed by atoms with van der Waals surface area (Å²) >= 11 is 0. The molecule has 0 spiro atoms. The van der Waals surface area contributed by atoms with Crippen LogP contribution in [0.2, 0.25) is 0 Å². The number of hydrogen-bond acceptors (Lipinski definition) is 4. The molecule has 0 aliphatic heterocycles. The van der Waals surface area contributed by atoms with Crippen LogP contribution in [0.4, 0.5) is 0 Å². The van der Waals surface area contributed by atoms with Crippen LogP contribution in [0.3, 0.4) is 0 Å². The number of rotatable bonds is 5. The molecule has 0 bridgehead atoms. The van der Waals surface area contributed by atoms with Crippen LogP contribution >= 0.6 is 0 Å². The van der Waals surface area contributed by atoms with Gasteiger partial charge >= 0.3 is 5.97 Å².